The summed E-state index contributed by atoms with van der Waals surface area (Å²) in [5.74, 6) is 0.327. The minimum atomic E-state index is -0.134. The van der Waals surface area contributed by atoms with Gasteiger partial charge in [-0.3, -0.25) is 0 Å². The van der Waals surface area contributed by atoms with E-state index in [1.807, 2.05) is 0 Å². The van der Waals surface area contributed by atoms with E-state index < -0.39 is 0 Å². The number of alkyl halides is 2. The Morgan fingerprint density at radius 3 is 2.60 bits per heavy atom. The summed E-state index contributed by atoms with van der Waals surface area (Å²) in [6.07, 6.45) is 3.28. The van der Waals surface area contributed by atoms with E-state index in [2.05, 4.69) is 0 Å². The molecule has 0 aliphatic heterocycles. The first-order valence-electron chi connectivity index (χ1n) is 3.64. The van der Waals surface area contributed by atoms with Crippen LogP contribution in [0.4, 0.5) is 0 Å². The van der Waals surface area contributed by atoms with Crippen LogP contribution in [0.25, 0.3) is 0 Å². The fourth-order valence-corrected chi connectivity index (χ4v) is 2.32. The van der Waals surface area contributed by atoms with Gasteiger partial charge in [-0.1, -0.05) is 6.42 Å². The van der Waals surface area contributed by atoms with Gasteiger partial charge in [0.1, 0.15) is 0 Å². The molecule has 0 radical (unpaired) electrons. The Kier molecular flexibility index (Phi) is 3.28. The van der Waals surface area contributed by atoms with E-state index in [1.54, 1.807) is 0 Å². The first-order valence-corrected chi connectivity index (χ1v) is 4.52. The first-order chi connectivity index (χ1) is 4.75. The molecule has 0 saturated heterocycles. The summed E-state index contributed by atoms with van der Waals surface area (Å²) in [5, 5.41) is 8.78. The minimum absolute atomic E-state index is 0.0510. The third-order valence-electron chi connectivity index (χ3n) is 2.12. The van der Waals surface area contributed by atoms with Gasteiger partial charge in [-0.25, -0.2) is 0 Å². The lowest BCUT2D eigenvalue weighted by Crippen LogP contribution is -2.22. The van der Waals surface area contributed by atoms with Crippen LogP contribution in [0.1, 0.15) is 19.3 Å². The highest BCUT2D eigenvalue weighted by atomic mass is 35.5. The Morgan fingerprint density at radius 2 is 2.20 bits per heavy atom. The van der Waals surface area contributed by atoms with Crippen LogP contribution in [0.2, 0.25) is 0 Å². The van der Waals surface area contributed by atoms with Gasteiger partial charge in [0.25, 0.3) is 0 Å². The molecule has 1 aliphatic carbocycles. The summed E-state index contributed by atoms with van der Waals surface area (Å²) in [6, 6.07) is 0. The van der Waals surface area contributed by atoms with Gasteiger partial charge in [-0.05, 0) is 18.8 Å². The molecule has 0 spiro atoms. The molecule has 0 bridgehead atoms. The third kappa shape index (κ3) is 1.77. The Bertz CT molecular complexity index is 108. The number of rotatable bonds is 2. The molecule has 10 heavy (non-hydrogen) atoms. The number of aliphatic hydroxyl groups is 1. The second kappa shape index (κ2) is 3.80. The minimum Gasteiger partial charge on any atom is -0.395 e. The number of hydrogen-bond acceptors (Lipinski definition) is 1. The first kappa shape index (κ1) is 8.63. The monoisotopic (exact) mass is 182 g/mol. The van der Waals surface area contributed by atoms with Crippen molar-refractivity contribution in [2.75, 3.05) is 6.61 Å². The van der Waals surface area contributed by atoms with Gasteiger partial charge in [0.05, 0.1) is 12.0 Å². The van der Waals surface area contributed by atoms with Crippen LogP contribution in [0, 0.1) is 5.92 Å². The zero-order chi connectivity index (χ0) is 7.56. The van der Waals surface area contributed by atoms with E-state index >= 15 is 0 Å². The molecule has 60 valence electrons. The normalized spacial score (nSPS) is 36.3. The van der Waals surface area contributed by atoms with Gasteiger partial charge in [0.15, 0.2) is 0 Å². The molecule has 0 aromatic rings. The van der Waals surface area contributed by atoms with E-state index in [9.17, 15) is 0 Å². The molecule has 3 atom stereocenters. The fourth-order valence-electron chi connectivity index (χ4n) is 1.49. The van der Waals surface area contributed by atoms with Crippen LogP contribution in [-0.2, 0) is 0 Å². The van der Waals surface area contributed by atoms with Crippen molar-refractivity contribution in [1.29, 1.82) is 0 Å². The second-order valence-corrected chi connectivity index (χ2v) is 3.93. The largest absolute Gasteiger partial charge is 0.395 e. The number of halogens is 2. The predicted molar refractivity (Wildman–Crippen MR) is 43.7 cm³/mol. The zero-order valence-electron chi connectivity index (χ0n) is 5.76. The van der Waals surface area contributed by atoms with Gasteiger partial charge >= 0.3 is 0 Å². The molecule has 0 aromatic heterocycles. The van der Waals surface area contributed by atoms with Crippen LogP contribution in [0.5, 0.6) is 0 Å². The molecule has 1 rings (SSSR count). The summed E-state index contributed by atoms with van der Waals surface area (Å²) in [7, 11) is 0. The van der Waals surface area contributed by atoms with Crippen molar-refractivity contribution < 1.29 is 5.11 Å². The van der Waals surface area contributed by atoms with Crippen molar-refractivity contribution in [3.05, 3.63) is 0 Å². The van der Waals surface area contributed by atoms with Crippen LogP contribution in [0.15, 0.2) is 0 Å². The summed E-state index contributed by atoms with van der Waals surface area (Å²) < 4.78 is 0. The van der Waals surface area contributed by atoms with Crippen LogP contribution in [-0.4, -0.2) is 22.5 Å². The summed E-state index contributed by atoms with van der Waals surface area (Å²) in [4.78, 5) is 0. The number of hydrogen-bond donors (Lipinski definition) is 1. The Labute approximate surface area is 71.3 Å². The zero-order valence-corrected chi connectivity index (χ0v) is 7.28. The fraction of sp³-hybridized carbons (Fsp3) is 1.00. The van der Waals surface area contributed by atoms with Gasteiger partial charge in [0, 0.05) is 5.38 Å². The topological polar surface area (TPSA) is 20.2 Å². The van der Waals surface area contributed by atoms with E-state index in [1.165, 1.54) is 0 Å². The SMILES string of the molecule is OC[C@H](Cl)[C@H]1CCC[C@@H]1Cl. The molecule has 0 heterocycles. The molecule has 0 amide bonds. The highest BCUT2D eigenvalue weighted by molar-refractivity contribution is 6.24. The van der Waals surface area contributed by atoms with Gasteiger partial charge < -0.3 is 5.11 Å². The average molecular weight is 183 g/mol. The standard InChI is InChI=1S/C7H12Cl2O/c8-6-3-1-2-5(6)7(9)4-10/h5-7,10H,1-4H2/t5-,6-,7-/m0/s1. The molecule has 1 nitrogen and oxygen atoms in total. The highest BCUT2D eigenvalue weighted by Crippen LogP contribution is 2.34. The third-order valence-corrected chi connectivity index (χ3v) is 3.12. The van der Waals surface area contributed by atoms with E-state index in [0.717, 1.165) is 19.3 Å². The Balaban J connectivity index is 2.38. The summed E-state index contributed by atoms with van der Waals surface area (Å²) in [5.41, 5.74) is 0. The molecular weight excluding hydrogens is 171 g/mol. The Morgan fingerprint density at radius 1 is 1.50 bits per heavy atom. The molecular formula is C7H12Cl2O. The van der Waals surface area contributed by atoms with E-state index in [-0.39, 0.29) is 17.4 Å². The molecule has 1 N–H and O–H groups in total. The molecule has 3 heteroatoms. The van der Waals surface area contributed by atoms with Crippen LogP contribution in [0.3, 0.4) is 0 Å². The number of aliphatic hydroxyl groups excluding tert-OH is 1. The lowest BCUT2D eigenvalue weighted by Gasteiger charge is -2.17. The smallest absolute Gasteiger partial charge is 0.0609 e. The van der Waals surface area contributed by atoms with Gasteiger partial charge in [-0.15, -0.1) is 23.2 Å². The van der Waals surface area contributed by atoms with Crippen molar-refractivity contribution in [3.8, 4) is 0 Å². The van der Waals surface area contributed by atoms with Crippen molar-refractivity contribution in [2.24, 2.45) is 5.92 Å². The quantitative estimate of drug-likeness (QED) is 0.649. The lowest BCUT2D eigenvalue weighted by atomic mass is 10.0. The van der Waals surface area contributed by atoms with Crippen LogP contribution < -0.4 is 0 Å². The molecule has 1 fully saturated rings. The summed E-state index contributed by atoms with van der Waals surface area (Å²) in [6.45, 7) is 0.0510. The Hall–Kier alpha value is 0.540. The van der Waals surface area contributed by atoms with Crippen molar-refractivity contribution in [2.45, 2.75) is 30.0 Å². The van der Waals surface area contributed by atoms with Crippen molar-refractivity contribution >= 4 is 23.2 Å². The second-order valence-electron chi connectivity index (χ2n) is 2.81. The highest BCUT2D eigenvalue weighted by Gasteiger charge is 2.30. The lowest BCUT2D eigenvalue weighted by molar-refractivity contribution is 0.264. The summed E-state index contributed by atoms with van der Waals surface area (Å²) >= 11 is 11.8. The predicted octanol–water partition coefficient (Wildman–Crippen LogP) is 1.99. The van der Waals surface area contributed by atoms with Gasteiger partial charge in [-0.2, -0.15) is 0 Å². The maximum absolute atomic E-state index is 8.72. The molecule has 0 unspecified atom stereocenters. The molecule has 1 aliphatic rings. The van der Waals surface area contributed by atoms with Crippen molar-refractivity contribution in [3.63, 3.8) is 0 Å². The van der Waals surface area contributed by atoms with Crippen LogP contribution >= 0.6 is 23.2 Å². The maximum atomic E-state index is 8.72. The van der Waals surface area contributed by atoms with E-state index in [4.69, 9.17) is 28.3 Å². The van der Waals surface area contributed by atoms with Crippen molar-refractivity contribution in [1.82, 2.24) is 0 Å². The van der Waals surface area contributed by atoms with Gasteiger partial charge in [0.2, 0.25) is 0 Å². The average Bonchev–Trinajstić information content (AvgIpc) is 2.34. The van der Waals surface area contributed by atoms with E-state index in [0.29, 0.717) is 5.92 Å². The molecule has 0 aromatic carbocycles. The molecule has 1 saturated carbocycles. The maximum Gasteiger partial charge on any atom is 0.0609 e.